The molecule has 0 saturated heterocycles. The Bertz CT molecular complexity index is 578. The van der Waals surface area contributed by atoms with E-state index in [0.29, 0.717) is 5.82 Å². The number of nitrogens with zero attached hydrogens (tertiary/aromatic N) is 2. The third-order valence-electron chi connectivity index (χ3n) is 2.06. The molecule has 1 aromatic carbocycles. The van der Waals surface area contributed by atoms with E-state index in [1.807, 2.05) is 0 Å². The molecule has 8 heteroatoms. The number of nitrogens with one attached hydrogen (secondary N) is 2. The molecule has 1 heterocycles. The number of nitrogen functional groups attached to an aromatic ring is 1. The lowest BCUT2D eigenvalue weighted by Gasteiger charge is -2.08. The first-order valence-corrected chi connectivity index (χ1v) is 5.60. The van der Waals surface area contributed by atoms with E-state index in [-0.39, 0.29) is 16.1 Å². The van der Waals surface area contributed by atoms with Crippen LogP contribution in [0.5, 0.6) is 0 Å². The van der Waals surface area contributed by atoms with Crippen LogP contribution >= 0.6 is 15.9 Å². The minimum Gasteiger partial charge on any atom is -0.338 e. The maximum absolute atomic E-state index is 13.5. The molecule has 4 N–H and O–H groups in total. The normalized spacial score (nSPS) is 10.2. The van der Waals surface area contributed by atoms with E-state index < -0.39 is 11.6 Å². The molecule has 1 aromatic heterocycles. The fraction of sp³-hybridized carbons (Fsp3) is 0. The van der Waals surface area contributed by atoms with Gasteiger partial charge in [-0.15, -0.1) is 0 Å². The van der Waals surface area contributed by atoms with E-state index in [1.165, 1.54) is 18.3 Å². The van der Waals surface area contributed by atoms with Gasteiger partial charge in [-0.1, -0.05) is 0 Å². The highest BCUT2D eigenvalue weighted by molar-refractivity contribution is 9.10. The Hall–Kier alpha value is -1.80. The highest BCUT2D eigenvalue weighted by Gasteiger charge is 2.09. The number of nitrogens with two attached hydrogens (primary N) is 1. The number of aromatic nitrogens is 2. The van der Waals surface area contributed by atoms with E-state index in [0.717, 1.165) is 6.07 Å². The first-order chi connectivity index (χ1) is 8.60. The van der Waals surface area contributed by atoms with Crippen LogP contribution < -0.4 is 16.6 Å². The smallest absolute Gasteiger partial charge is 0.239 e. The molecule has 0 aliphatic heterocycles. The summed E-state index contributed by atoms with van der Waals surface area (Å²) in [6, 6.07) is 3.58. The van der Waals surface area contributed by atoms with Crippen LogP contribution in [0.15, 0.2) is 28.9 Å². The molecule has 0 atom stereocenters. The zero-order valence-corrected chi connectivity index (χ0v) is 10.5. The number of benzene rings is 1. The van der Waals surface area contributed by atoms with Crippen LogP contribution in [-0.2, 0) is 0 Å². The highest BCUT2D eigenvalue weighted by Crippen LogP contribution is 2.25. The SMILES string of the molecule is NNc1nccc(Nc2cc(Br)c(F)cc2F)n1. The van der Waals surface area contributed by atoms with E-state index in [4.69, 9.17) is 5.84 Å². The van der Waals surface area contributed by atoms with Crippen molar-refractivity contribution in [2.75, 3.05) is 10.7 Å². The average Bonchev–Trinajstić information content (AvgIpc) is 2.36. The molecule has 0 fully saturated rings. The van der Waals surface area contributed by atoms with Gasteiger partial charge >= 0.3 is 0 Å². The lowest BCUT2D eigenvalue weighted by atomic mass is 10.3. The summed E-state index contributed by atoms with van der Waals surface area (Å²) in [5.41, 5.74) is 2.35. The first-order valence-electron chi connectivity index (χ1n) is 4.81. The topological polar surface area (TPSA) is 75.9 Å². The quantitative estimate of drug-likeness (QED) is 0.461. The molecule has 2 rings (SSSR count). The van der Waals surface area contributed by atoms with Crippen molar-refractivity contribution in [3.8, 4) is 0 Å². The average molecular weight is 316 g/mol. The zero-order chi connectivity index (χ0) is 13.1. The van der Waals surface area contributed by atoms with Gasteiger partial charge in [0, 0.05) is 12.3 Å². The summed E-state index contributed by atoms with van der Waals surface area (Å²) in [5.74, 6) is 4.26. The molecule has 94 valence electrons. The molecule has 0 aliphatic rings. The molecule has 0 unspecified atom stereocenters. The van der Waals surface area contributed by atoms with Crippen molar-refractivity contribution in [2.24, 2.45) is 5.84 Å². The van der Waals surface area contributed by atoms with Crippen molar-refractivity contribution in [1.82, 2.24) is 9.97 Å². The lowest BCUT2D eigenvalue weighted by Crippen LogP contribution is -2.11. The van der Waals surface area contributed by atoms with Gasteiger partial charge in [0.1, 0.15) is 17.5 Å². The van der Waals surface area contributed by atoms with Crippen LogP contribution in [0.3, 0.4) is 0 Å². The Morgan fingerprint density at radius 1 is 1.22 bits per heavy atom. The number of anilines is 3. The highest BCUT2D eigenvalue weighted by atomic mass is 79.9. The Morgan fingerprint density at radius 3 is 2.72 bits per heavy atom. The Balaban J connectivity index is 2.30. The molecule has 0 spiro atoms. The van der Waals surface area contributed by atoms with Gasteiger partial charge < -0.3 is 5.32 Å². The number of hydrogen-bond donors (Lipinski definition) is 3. The second kappa shape index (κ2) is 5.23. The number of hydrazine groups is 1. The van der Waals surface area contributed by atoms with Gasteiger partial charge in [0.2, 0.25) is 5.95 Å². The molecule has 0 radical (unpaired) electrons. The van der Waals surface area contributed by atoms with Gasteiger partial charge in [-0.3, -0.25) is 5.43 Å². The molecule has 0 bridgehead atoms. The van der Waals surface area contributed by atoms with Crippen molar-refractivity contribution >= 4 is 33.4 Å². The maximum Gasteiger partial charge on any atom is 0.239 e. The van der Waals surface area contributed by atoms with Crippen LogP contribution in [0.1, 0.15) is 0 Å². The zero-order valence-electron chi connectivity index (χ0n) is 8.92. The van der Waals surface area contributed by atoms with Crippen molar-refractivity contribution in [3.63, 3.8) is 0 Å². The van der Waals surface area contributed by atoms with Crippen LogP contribution in [0.2, 0.25) is 0 Å². The number of halogens is 3. The summed E-state index contributed by atoms with van der Waals surface area (Å²) < 4.78 is 26.7. The first kappa shape index (κ1) is 12.7. The van der Waals surface area contributed by atoms with E-state index >= 15 is 0 Å². The minimum atomic E-state index is -0.725. The molecule has 0 aliphatic carbocycles. The molecule has 2 aromatic rings. The molecule has 5 nitrogen and oxygen atoms in total. The standard InChI is InChI=1S/C10H8BrF2N5/c11-5-3-8(7(13)4-6(5)12)16-9-1-2-15-10(17-9)18-14/h1-4H,14H2,(H2,15,16,17,18). The van der Waals surface area contributed by atoms with Gasteiger partial charge in [-0.05, 0) is 28.1 Å². The maximum atomic E-state index is 13.5. The van der Waals surface area contributed by atoms with Gasteiger partial charge in [-0.2, -0.15) is 4.98 Å². The molecule has 0 amide bonds. The van der Waals surface area contributed by atoms with Gasteiger partial charge in [0.15, 0.2) is 0 Å². The van der Waals surface area contributed by atoms with Gasteiger partial charge in [-0.25, -0.2) is 19.6 Å². The van der Waals surface area contributed by atoms with Crippen LogP contribution in [0.4, 0.5) is 26.2 Å². The fourth-order valence-electron chi connectivity index (χ4n) is 1.25. The summed E-state index contributed by atoms with van der Waals surface area (Å²) in [6.45, 7) is 0. The Labute approximate surface area is 110 Å². The predicted octanol–water partition coefficient (Wildman–Crippen LogP) is 2.55. The second-order valence-electron chi connectivity index (χ2n) is 3.28. The Kier molecular flexibility index (Phi) is 3.68. The van der Waals surface area contributed by atoms with Crippen molar-refractivity contribution in [2.45, 2.75) is 0 Å². The Morgan fingerprint density at radius 2 is 2.00 bits per heavy atom. The lowest BCUT2D eigenvalue weighted by molar-refractivity contribution is 0.581. The third-order valence-corrected chi connectivity index (χ3v) is 2.67. The van der Waals surface area contributed by atoms with Crippen LogP contribution in [0.25, 0.3) is 0 Å². The van der Waals surface area contributed by atoms with Crippen LogP contribution in [-0.4, -0.2) is 9.97 Å². The van der Waals surface area contributed by atoms with Crippen molar-refractivity contribution in [1.29, 1.82) is 0 Å². The summed E-state index contributed by atoms with van der Waals surface area (Å²) in [5, 5.41) is 2.70. The summed E-state index contributed by atoms with van der Waals surface area (Å²) in [7, 11) is 0. The van der Waals surface area contributed by atoms with Gasteiger partial charge in [0.05, 0.1) is 10.2 Å². The van der Waals surface area contributed by atoms with E-state index in [1.54, 1.807) is 0 Å². The molecule has 18 heavy (non-hydrogen) atoms. The van der Waals surface area contributed by atoms with Gasteiger partial charge in [0.25, 0.3) is 0 Å². The van der Waals surface area contributed by atoms with E-state index in [9.17, 15) is 8.78 Å². The van der Waals surface area contributed by atoms with Crippen LogP contribution in [0, 0.1) is 11.6 Å². The number of hydrogen-bond acceptors (Lipinski definition) is 5. The second-order valence-corrected chi connectivity index (χ2v) is 4.14. The molecular weight excluding hydrogens is 308 g/mol. The monoisotopic (exact) mass is 315 g/mol. The molecular formula is C10H8BrF2N5. The summed E-state index contributed by atoms with van der Waals surface area (Å²) in [4.78, 5) is 7.75. The van der Waals surface area contributed by atoms with Crippen molar-refractivity contribution < 1.29 is 8.78 Å². The largest absolute Gasteiger partial charge is 0.338 e. The fourth-order valence-corrected chi connectivity index (χ4v) is 1.60. The summed E-state index contributed by atoms with van der Waals surface area (Å²) >= 11 is 2.97. The third kappa shape index (κ3) is 2.71. The van der Waals surface area contributed by atoms with E-state index in [2.05, 4.69) is 36.6 Å². The number of rotatable bonds is 3. The molecule has 0 saturated carbocycles. The minimum absolute atomic E-state index is 0.0879. The summed E-state index contributed by atoms with van der Waals surface area (Å²) in [6.07, 6.45) is 1.45. The van der Waals surface area contributed by atoms with Crippen molar-refractivity contribution in [3.05, 3.63) is 40.5 Å². The predicted molar refractivity (Wildman–Crippen MR) is 67.2 cm³/mol.